The minimum atomic E-state index is 0.0482. The van der Waals surface area contributed by atoms with Gasteiger partial charge in [-0.3, -0.25) is 9.78 Å². The maximum Gasteiger partial charge on any atom is 0.255 e. The first-order valence-electron chi connectivity index (χ1n) is 5.94. The molecule has 92 valence electrons. The Hall–Kier alpha value is -1.42. The van der Waals surface area contributed by atoms with E-state index in [9.17, 15) is 4.79 Å². The van der Waals surface area contributed by atoms with Gasteiger partial charge in [0.25, 0.3) is 5.91 Å². The van der Waals surface area contributed by atoms with Crippen molar-refractivity contribution in [2.75, 3.05) is 20.2 Å². The van der Waals surface area contributed by atoms with Crippen molar-refractivity contribution in [1.29, 1.82) is 0 Å². The molecular formula is C13H18N2O2. The predicted octanol–water partition coefficient (Wildman–Crippen LogP) is 1.58. The van der Waals surface area contributed by atoms with Crippen LogP contribution in [0, 0.1) is 5.92 Å². The Morgan fingerprint density at radius 1 is 1.59 bits per heavy atom. The van der Waals surface area contributed by atoms with Crippen molar-refractivity contribution >= 4 is 5.91 Å². The van der Waals surface area contributed by atoms with E-state index in [2.05, 4.69) is 11.9 Å². The molecule has 0 aliphatic carbocycles. The van der Waals surface area contributed by atoms with Crippen molar-refractivity contribution in [2.45, 2.75) is 19.4 Å². The Bertz CT molecular complexity index is 380. The number of pyridine rings is 1. The van der Waals surface area contributed by atoms with Crippen LogP contribution in [0.5, 0.6) is 0 Å². The van der Waals surface area contributed by atoms with Crippen LogP contribution in [0.15, 0.2) is 24.5 Å². The molecule has 2 heterocycles. The van der Waals surface area contributed by atoms with E-state index < -0.39 is 0 Å². The number of amides is 1. The summed E-state index contributed by atoms with van der Waals surface area (Å²) < 4.78 is 5.41. The molecule has 1 aliphatic rings. The first-order valence-corrected chi connectivity index (χ1v) is 5.94. The van der Waals surface area contributed by atoms with Crippen LogP contribution in [0.1, 0.15) is 23.7 Å². The molecule has 2 rings (SSSR count). The molecule has 1 saturated heterocycles. The summed E-state index contributed by atoms with van der Waals surface area (Å²) in [5.41, 5.74) is 0.650. The number of carbonyl (C=O) groups is 1. The zero-order chi connectivity index (χ0) is 12.3. The number of hydrogen-bond acceptors (Lipinski definition) is 3. The summed E-state index contributed by atoms with van der Waals surface area (Å²) in [7, 11) is 1.71. The molecule has 0 saturated carbocycles. The van der Waals surface area contributed by atoms with E-state index in [0.717, 1.165) is 13.0 Å². The van der Waals surface area contributed by atoms with Gasteiger partial charge in [0.2, 0.25) is 0 Å². The average Bonchev–Trinajstić information content (AvgIpc) is 2.39. The maximum absolute atomic E-state index is 12.2. The van der Waals surface area contributed by atoms with Crippen LogP contribution in [0.3, 0.4) is 0 Å². The smallest absolute Gasteiger partial charge is 0.255 e. The summed E-state index contributed by atoms with van der Waals surface area (Å²) in [4.78, 5) is 18.0. The molecule has 1 aromatic heterocycles. The third-order valence-corrected chi connectivity index (χ3v) is 3.39. The molecule has 2 atom stereocenters. The van der Waals surface area contributed by atoms with E-state index in [-0.39, 0.29) is 12.0 Å². The molecule has 4 nitrogen and oxygen atoms in total. The third-order valence-electron chi connectivity index (χ3n) is 3.39. The second-order valence-electron chi connectivity index (χ2n) is 4.53. The van der Waals surface area contributed by atoms with E-state index >= 15 is 0 Å². The van der Waals surface area contributed by atoms with Crippen molar-refractivity contribution in [3.8, 4) is 0 Å². The van der Waals surface area contributed by atoms with Gasteiger partial charge in [0, 0.05) is 32.6 Å². The highest BCUT2D eigenvalue weighted by molar-refractivity contribution is 5.93. The van der Waals surface area contributed by atoms with Crippen LogP contribution in [0.2, 0.25) is 0 Å². The molecule has 0 aromatic carbocycles. The molecule has 0 spiro atoms. The Balaban J connectivity index is 2.06. The molecule has 17 heavy (non-hydrogen) atoms. The van der Waals surface area contributed by atoms with Crippen LogP contribution >= 0.6 is 0 Å². The van der Waals surface area contributed by atoms with Gasteiger partial charge in [-0.1, -0.05) is 6.92 Å². The number of rotatable bonds is 2. The van der Waals surface area contributed by atoms with Gasteiger partial charge in [0.05, 0.1) is 11.7 Å². The molecule has 1 aliphatic heterocycles. The van der Waals surface area contributed by atoms with Crippen LogP contribution in [0.25, 0.3) is 0 Å². The summed E-state index contributed by atoms with van der Waals surface area (Å²) in [5, 5.41) is 0. The van der Waals surface area contributed by atoms with Gasteiger partial charge in [0.15, 0.2) is 0 Å². The van der Waals surface area contributed by atoms with Crippen LogP contribution in [-0.2, 0) is 4.74 Å². The molecule has 2 unspecified atom stereocenters. The highest BCUT2D eigenvalue weighted by Gasteiger charge is 2.29. The quantitative estimate of drug-likeness (QED) is 0.780. The van der Waals surface area contributed by atoms with Gasteiger partial charge in [-0.2, -0.15) is 0 Å². The SMILES string of the molecule is COC1CN(C(=O)c2cccnc2)CCC1C. The van der Waals surface area contributed by atoms with E-state index in [0.29, 0.717) is 18.0 Å². The molecule has 1 fully saturated rings. The average molecular weight is 234 g/mol. The first kappa shape index (κ1) is 12.0. The van der Waals surface area contributed by atoms with Gasteiger partial charge in [-0.25, -0.2) is 0 Å². The highest BCUT2D eigenvalue weighted by atomic mass is 16.5. The zero-order valence-corrected chi connectivity index (χ0v) is 10.3. The van der Waals surface area contributed by atoms with Crippen molar-refractivity contribution in [3.63, 3.8) is 0 Å². The van der Waals surface area contributed by atoms with Gasteiger partial charge < -0.3 is 9.64 Å². The monoisotopic (exact) mass is 234 g/mol. The zero-order valence-electron chi connectivity index (χ0n) is 10.3. The summed E-state index contributed by atoms with van der Waals surface area (Å²) in [6.07, 6.45) is 4.42. The number of likely N-dealkylation sites (tertiary alicyclic amines) is 1. The Labute approximate surface area is 102 Å². The Morgan fingerprint density at radius 3 is 3.06 bits per heavy atom. The van der Waals surface area contributed by atoms with E-state index in [1.54, 1.807) is 31.6 Å². The Morgan fingerprint density at radius 2 is 2.41 bits per heavy atom. The third kappa shape index (κ3) is 2.64. The van der Waals surface area contributed by atoms with Crippen molar-refractivity contribution in [1.82, 2.24) is 9.88 Å². The van der Waals surface area contributed by atoms with Gasteiger partial charge in [0.1, 0.15) is 0 Å². The lowest BCUT2D eigenvalue weighted by Gasteiger charge is -2.36. The topological polar surface area (TPSA) is 42.4 Å². The van der Waals surface area contributed by atoms with Crippen molar-refractivity contribution in [2.24, 2.45) is 5.92 Å². The standard InChI is InChI=1S/C13H18N2O2/c1-10-5-7-15(9-12(10)17-2)13(16)11-4-3-6-14-8-11/h3-4,6,8,10,12H,5,7,9H2,1-2H3. The number of aromatic nitrogens is 1. The number of carbonyl (C=O) groups excluding carboxylic acids is 1. The fraction of sp³-hybridized carbons (Fsp3) is 0.538. The lowest BCUT2D eigenvalue weighted by Crippen LogP contribution is -2.46. The molecular weight excluding hydrogens is 216 g/mol. The number of nitrogens with zero attached hydrogens (tertiary/aromatic N) is 2. The van der Waals surface area contributed by atoms with Crippen LogP contribution in [0.4, 0.5) is 0 Å². The molecule has 1 aromatic rings. The summed E-state index contributed by atoms with van der Waals surface area (Å²) >= 11 is 0. The normalized spacial score (nSPS) is 24.7. The lowest BCUT2D eigenvalue weighted by atomic mass is 9.95. The van der Waals surface area contributed by atoms with Crippen molar-refractivity contribution < 1.29 is 9.53 Å². The summed E-state index contributed by atoms with van der Waals surface area (Å²) in [6.45, 7) is 3.64. The molecule has 0 radical (unpaired) electrons. The second kappa shape index (κ2) is 5.27. The maximum atomic E-state index is 12.2. The lowest BCUT2D eigenvalue weighted by molar-refractivity contribution is -0.00158. The number of hydrogen-bond donors (Lipinski definition) is 0. The fourth-order valence-corrected chi connectivity index (χ4v) is 2.20. The molecule has 0 bridgehead atoms. The van der Waals surface area contributed by atoms with Gasteiger partial charge in [-0.15, -0.1) is 0 Å². The largest absolute Gasteiger partial charge is 0.379 e. The molecule has 4 heteroatoms. The van der Waals surface area contributed by atoms with Crippen LogP contribution < -0.4 is 0 Å². The predicted molar refractivity (Wildman–Crippen MR) is 64.7 cm³/mol. The first-order chi connectivity index (χ1) is 8.22. The second-order valence-corrected chi connectivity index (χ2v) is 4.53. The molecule has 1 amide bonds. The fourth-order valence-electron chi connectivity index (χ4n) is 2.20. The minimum Gasteiger partial charge on any atom is -0.379 e. The Kier molecular flexibility index (Phi) is 3.74. The summed E-state index contributed by atoms with van der Waals surface area (Å²) in [5.74, 6) is 0.560. The van der Waals surface area contributed by atoms with Crippen molar-refractivity contribution in [3.05, 3.63) is 30.1 Å². The van der Waals surface area contributed by atoms with Gasteiger partial charge >= 0.3 is 0 Å². The number of methoxy groups -OCH3 is 1. The van der Waals surface area contributed by atoms with E-state index in [1.807, 2.05) is 4.90 Å². The number of piperidine rings is 1. The minimum absolute atomic E-state index is 0.0482. The van der Waals surface area contributed by atoms with Crippen LogP contribution in [-0.4, -0.2) is 42.1 Å². The molecule has 0 N–H and O–H groups in total. The van der Waals surface area contributed by atoms with Gasteiger partial charge in [-0.05, 0) is 24.5 Å². The van der Waals surface area contributed by atoms with E-state index in [1.165, 1.54) is 0 Å². The number of ether oxygens (including phenoxy) is 1. The highest BCUT2D eigenvalue weighted by Crippen LogP contribution is 2.20. The van der Waals surface area contributed by atoms with E-state index in [4.69, 9.17) is 4.74 Å². The summed E-state index contributed by atoms with van der Waals surface area (Å²) in [6, 6.07) is 3.59.